The van der Waals surface area contributed by atoms with Crippen LogP contribution < -0.4 is 11.5 Å². The number of rotatable bonds is 1. The smallest absolute Gasteiger partial charge is 0.0521 e. The second kappa shape index (κ2) is 3.15. The van der Waals surface area contributed by atoms with Crippen molar-refractivity contribution in [2.75, 3.05) is 19.8 Å². The van der Waals surface area contributed by atoms with E-state index >= 15 is 0 Å². The topological polar surface area (TPSA) is 61.3 Å². The van der Waals surface area contributed by atoms with E-state index in [1.54, 1.807) is 0 Å². The molecule has 0 bridgehead atoms. The van der Waals surface area contributed by atoms with E-state index in [9.17, 15) is 0 Å². The van der Waals surface area contributed by atoms with Gasteiger partial charge in [-0.15, -0.1) is 0 Å². The third-order valence-electron chi connectivity index (χ3n) is 1.84. The van der Waals surface area contributed by atoms with Gasteiger partial charge in [0.2, 0.25) is 0 Å². The van der Waals surface area contributed by atoms with Crippen molar-refractivity contribution >= 4 is 0 Å². The van der Waals surface area contributed by atoms with Gasteiger partial charge < -0.3 is 16.2 Å². The van der Waals surface area contributed by atoms with Crippen LogP contribution >= 0.6 is 0 Å². The van der Waals surface area contributed by atoms with Crippen molar-refractivity contribution in [1.82, 2.24) is 0 Å². The molecule has 0 saturated carbocycles. The zero-order valence-corrected chi connectivity index (χ0v) is 5.55. The standard InChI is InChI=1S/C6H14N2O/c7-3-5-4-9-2-1-6(5)8/h5-6H,1-4,7-8H2/t5-,6+/m0/s1. The molecular weight excluding hydrogens is 116 g/mol. The van der Waals surface area contributed by atoms with Gasteiger partial charge in [0.05, 0.1) is 6.61 Å². The lowest BCUT2D eigenvalue weighted by Crippen LogP contribution is -2.42. The second-order valence-electron chi connectivity index (χ2n) is 2.52. The van der Waals surface area contributed by atoms with Crippen LogP contribution in [0.2, 0.25) is 0 Å². The second-order valence-corrected chi connectivity index (χ2v) is 2.52. The summed E-state index contributed by atoms with van der Waals surface area (Å²) < 4.78 is 5.18. The molecule has 0 aromatic rings. The Bertz CT molecular complexity index is 87.1. The van der Waals surface area contributed by atoms with E-state index in [2.05, 4.69) is 0 Å². The van der Waals surface area contributed by atoms with Crippen LogP contribution in [-0.2, 0) is 4.74 Å². The number of nitrogens with two attached hydrogens (primary N) is 2. The van der Waals surface area contributed by atoms with E-state index in [1.165, 1.54) is 0 Å². The van der Waals surface area contributed by atoms with Gasteiger partial charge >= 0.3 is 0 Å². The fraction of sp³-hybridized carbons (Fsp3) is 1.00. The van der Waals surface area contributed by atoms with E-state index in [-0.39, 0.29) is 6.04 Å². The highest BCUT2D eigenvalue weighted by Gasteiger charge is 2.20. The minimum absolute atomic E-state index is 0.267. The van der Waals surface area contributed by atoms with Gasteiger partial charge in [-0.25, -0.2) is 0 Å². The van der Waals surface area contributed by atoms with Crippen molar-refractivity contribution in [2.45, 2.75) is 12.5 Å². The van der Waals surface area contributed by atoms with Crippen molar-refractivity contribution in [3.05, 3.63) is 0 Å². The molecule has 54 valence electrons. The maximum absolute atomic E-state index is 5.73. The summed E-state index contributed by atoms with van der Waals surface area (Å²) in [4.78, 5) is 0. The Morgan fingerprint density at radius 2 is 2.33 bits per heavy atom. The van der Waals surface area contributed by atoms with Crippen molar-refractivity contribution in [2.24, 2.45) is 17.4 Å². The minimum Gasteiger partial charge on any atom is -0.381 e. The van der Waals surface area contributed by atoms with E-state index in [0.29, 0.717) is 12.5 Å². The molecule has 0 spiro atoms. The molecule has 3 nitrogen and oxygen atoms in total. The zero-order valence-electron chi connectivity index (χ0n) is 5.55. The van der Waals surface area contributed by atoms with Crippen LogP contribution in [0, 0.1) is 5.92 Å². The first-order chi connectivity index (χ1) is 4.34. The molecule has 0 unspecified atom stereocenters. The predicted molar refractivity (Wildman–Crippen MR) is 36.0 cm³/mol. The molecule has 3 heteroatoms. The average molecular weight is 130 g/mol. The summed E-state index contributed by atoms with van der Waals surface area (Å²) in [7, 11) is 0. The van der Waals surface area contributed by atoms with Crippen molar-refractivity contribution in [1.29, 1.82) is 0 Å². The number of hydrogen-bond acceptors (Lipinski definition) is 3. The Morgan fingerprint density at radius 3 is 2.78 bits per heavy atom. The third kappa shape index (κ3) is 1.64. The van der Waals surface area contributed by atoms with Gasteiger partial charge in [-0.2, -0.15) is 0 Å². The molecule has 0 radical (unpaired) electrons. The molecule has 0 aromatic heterocycles. The lowest BCUT2D eigenvalue weighted by Gasteiger charge is -2.27. The Hall–Kier alpha value is -0.120. The molecule has 0 aliphatic carbocycles. The monoisotopic (exact) mass is 130 g/mol. The molecule has 1 saturated heterocycles. The molecule has 1 rings (SSSR count). The number of ether oxygens (including phenoxy) is 1. The minimum atomic E-state index is 0.267. The Balaban J connectivity index is 2.30. The highest BCUT2D eigenvalue weighted by molar-refractivity contribution is 4.76. The summed E-state index contributed by atoms with van der Waals surface area (Å²) in [5.41, 5.74) is 11.2. The maximum atomic E-state index is 5.73. The fourth-order valence-electron chi connectivity index (χ4n) is 1.06. The van der Waals surface area contributed by atoms with Crippen LogP contribution in [0.1, 0.15) is 6.42 Å². The third-order valence-corrected chi connectivity index (χ3v) is 1.84. The normalized spacial score (nSPS) is 36.7. The largest absolute Gasteiger partial charge is 0.381 e. The highest BCUT2D eigenvalue weighted by atomic mass is 16.5. The highest BCUT2D eigenvalue weighted by Crippen LogP contribution is 2.10. The van der Waals surface area contributed by atoms with Gasteiger partial charge in [0.15, 0.2) is 0 Å². The lowest BCUT2D eigenvalue weighted by atomic mass is 9.97. The quantitative estimate of drug-likeness (QED) is 0.494. The fourth-order valence-corrected chi connectivity index (χ4v) is 1.06. The van der Waals surface area contributed by atoms with Gasteiger partial charge in [-0.3, -0.25) is 0 Å². The van der Waals surface area contributed by atoms with Crippen molar-refractivity contribution in [3.8, 4) is 0 Å². The molecule has 1 aliphatic rings. The van der Waals surface area contributed by atoms with Gasteiger partial charge in [0, 0.05) is 18.6 Å². The lowest BCUT2D eigenvalue weighted by molar-refractivity contribution is 0.0454. The van der Waals surface area contributed by atoms with E-state index in [1.807, 2.05) is 0 Å². The zero-order chi connectivity index (χ0) is 6.69. The van der Waals surface area contributed by atoms with Crippen molar-refractivity contribution < 1.29 is 4.74 Å². The molecule has 1 heterocycles. The van der Waals surface area contributed by atoms with Crippen molar-refractivity contribution in [3.63, 3.8) is 0 Å². The van der Waals surface area contributed by atoms with Crippen LogP contribution in [0.4, 0.5) is 0 Å². The van der Waals surface area contributed by atoms with Crippen LogP contribution in [-0.4, -0.2) is 25.8 Å². The Kier molecular flexibility index (Phi) is 2.45. The first-order valence-electron chi connectivity index (χ1n) is 3.38. The summed E-state index contributed by atoms with van der Waals surface area (Å²) in [5, 5.41) is 0. The SMILES string of the molecule is NC[C@H]1COCC[C@H]1N. The Labute approximate surface area is 55.4 Å². The molecular formula is C6H14N2O. The summed E-state index contributed by atoms with van der Waals surface area (Å²) in [6.45, 7) is 2.20. The average Bonchev–Trinajstić information content (AvgIpc) is 1.89. The van der Waals surface area contributed by atoms with Crippen LogP contribution in [0.25, 0.3) is 0 Å². The van der Waals surface area contributed by atoms with Gasteiger partial charge in [-0.05, 0) is 13.0 Å². The van der Waals surface area contributed by atoms with Crippen LogP contribution in [0.5, 0.6) is 0 Å². The first-order valence-corrected chi connectivity index (χ1v) is 3.38. The van der Waals surface area contributed by atoms with E-state index < -0.39 is 0 Å². The molecule has 1 fully saturated rings. The predicted octanol–water partition coefficient (Wildman–Crippen LogP) is -0.691. The van der Waals surface area contributed by atoms with Crippen LogP contribution in [0.15, 0.2) is 0 Å². The van der Waals surface area contributed by atoms with Crippen LogP contribution in [0.3, 0.4) is 0 Å². The molecule has 0 amide bonds. The summed E-state index contributed by atoms with van der Waals surface area (Å²) in [6, 6.07) is 0.267. The molecule has 1 aliphatic heterocycles. The van der Waals surface area contributed by atoms with Gasteiger partial charge in [0.25, 0.3) is 0 Å². The molecule has 4 N–H and O–H groups in total. The Morgan fingerprint density at radius 1 is 1.56 bits per heavy atom. The van der Waals surface area contributed by atoms with Gasteiger partial charge in [0.1, 0.15) is 0 Å². The van der Waals surface area contributed by atoms with E-state index in [0.717, 1.165) is 19.6 Å². The summed E-state index contributed by atoms with van der Waals surface area (Å²) in [6.07, 6.45) is 0.960. The molecule has 0 aromatic carbocycles. The molecule has 2 atom stereocenters. The summed E-state index contributed by atoms with van der Waals surface area (Å²) in [5.74, 6) is 0.388. The first kappa shape index (κ1) is 6.99. The number of hydrogen-bond donors (Lipinski definition) is 2. The van der Waals surface area contributed by atoms with E-state index in [4.69, 9.17) is 16.2 Å². The maximum Gasteiger partial charge on any atom is 0.0521 e. The van der Waals surface area contributed by atoms with Gasteiger partial charge in [-0.1, -0.05) is 0 Å². The molecule has 9 heavy (non-hydrogen) atoms. The summed E-state index contributed by atoms with van der Waals surface area (Å²) >= 11 is 0.